The molecular weight excluding hydrogens is 399 g/mol. The molecular formula is C20H24F3N5O2. The van der Waals surface area contributed by atoms with Gasteiger partial charge in [0.05, 0.1) is 11.3 Å². The van der Waals surface area contributed by atoms with E-state index in [1.807, 2.05) is 6.79 Å². The van der Waals surface area contributed by atoms with Gasteiger partial charge in [0.15, 0.2) is 6.40 Å². The van der Waals surface area contributed by atoms with Crippen molar-refractivity contribution in [3.63, 3.8) is 0 Å². The summed E-state index contributed by atoms with van der Waals surface area (Å²) in [4.78, 5) is 8.00. The van der Waals surface area contributed by atoms with Gasteiger partial charge in [0.25, 0.3) is 0 Å². The maximum Gasteiger partial charge on any atom is 0.223 e. The molecule has 1 saturated heterocycles. The third kappa shape index (κ3) is 8.02. The molecule has 1 heterocycles. The third-order valence-corrected chi connectivity index (χ3v) is 3.97. The number of anilines is 2. The zero-order valence-electron chi connectivity index (χ0n) is 16.2. The third-order valence-electron chi connectivity index (χ3n) is 3.97. The Morgan fingerprint density at radius 1 is 1.17 bits per heavy atom. The molecule has 0 bridgehead atoms. The van der Waals surface area contributed by atoms with E-state index in [2.05, 4.69) is 15.4 Å². The second-order valence-corrected chi connectivity index (χ2v) is 6.10. The molecule has 2 aromatic rings. The van der Waals surface area contributed by atoms with Gasteiger partial charge in [0.2, 0.25) is 5.90 Å². The number of rotatable bonds is 4. The molecule has 3 rings (SSSR count). The first-order chi connectivity index (χ1) is 14.4. The average Bonchev–Trinajstić information content (AvgIpc) is 2.73. The van der Waals surface area contributed by atoms with Crippen LogP contribution in [0.25, 0.3) is 0 Å². The maximum atomic E-state index is 13.7. The van der Waals surface area contributed by atoms with E-state index in [0.29, 0.717) is 18.5 Å². The lowest BCUT2D eigenvalue weighted by Gasteiger charge is -2.17. The van der Waals surface area contributed by atoms with Crippen molar-refractivity contribution >= 4 is 30.5 Å². The number of hydrogen-bond acceptors (Lipinski definition) is 7. The zero-order valence-corrected chi connectivity index (χ0v) is 16.2. The Balaban J connectivity index is 0.000000418. The van der Waals surface area contributed by atoms with Gasteiger partial charge in [-0.2, -0.15) is 0 Å². The molecule has 0 aliphatic carbocycles. The minimum absolute atomic E-state index is 0.143. The smallest absolute Gasteiger partial charge is 0.223 e. The van der Waals surface area contributed by atoms with Crippen molar-refractivity contribution in [2.24, 2.45) is 5.73 Å². The largest absolute Gasteiger partial charge is 0.428 e. The van der Waals surface area contributed by atoms with E-state index < -0.39 is 23.3 Å². The average molecular weight is 423 g/mol. The van der Waals surface area contributed by atoms with Crippen molar-refractivity contribution in [2.75, 3.05) is 18.4 Å². The molecule has 1 aliphatic rings. The van der Waals surface area contributed by atoms with Crippen LogP contribution in [-0.2, 0) is 9.53 Å². The Hall–Kier alpha value is -3.24. The number of piperidine rings is 1. The number of nitrogens with one attached hydrogen (secondary N) is 4. The first-order valence-corrected chi connectivity index (χ1v) is 8.92. The van der Waals surface area contributed by atoms with E-state index >= 15 is 0 Å². The minimum Gasteiger partial charge on any atom is -0.428 e. The first kappa shape index (κ1) is 24.8. The lowest BCUT2D eigenvalue weighted by molar-refractivity contribution is -0.0980. The van der Waals surface area contributed by atoms with Crippen LogP contribution in [0.1, 0.15) is 18.4 Å². The molecule has 0 radical (unpaired) electrons. The Labute approximate surface area is 172 Å². The molecule has 1 fully saturated rings. The Kier molecular flexibility index (Phi) is 10.8. The van der Waals surface area contributed by atoms with Crippen LogP contribution >= 0.6 is 0 Å². The van der Waals surface area contributed by atoms with Crippen LogP contribution in [0, 0.1) is 28.3 Å². The van der Waals surface area contributed by atoms with Crippen LogP contribution in [0.15, 0.2) is 36.4 Å². The van der Waals surface area contributed by atoms with Crippen LogP contribution in [0.3, 0.4) is 0 Å². The number of benzene rings is 2. The van der Waals surface area contributed by atoms with Crippen LogP contribution in [0.2, 0.25) is 0 Å². The summed E-state index contributed by atoms with van der Waals surface area (Å²) in [6.07, 6.45) is 2.77. The number of carbonyl (C=O) groups is 1. The molecule has 162 valence electrons. The monoisotopic (exact) mass is 423 g/mol. The van der Waals surface area contributed by atoms with Crippen LogP contribution < -0.4 is 16.4 Å². The SMILES string of the molecule is C=O.N=COC(=N)c1cc(Nc2cccc(F)c2)c(F)cc1F.NC1CCNCC1. The fourth-order valence-corrected chi connectivity index (χ4v) is 2.51. The number of nitrogens with two attached hydrogens (primary N) is 1. The van der Waals surface area contributed by atoms with Gasteiger partial charge < -0.3 is 25.9 Å². The molecule has 0 unspecified atom stereocenters. The summed E-state index contributed by atoms with van der Waals surface area (Å²) in [7, 11) is 0. The highest BCUT2D eigenvalue weighted by Gasteiger charge is 2.15. The van der Waals surface area contributed by atoms with E-state index in [9.17, 15) is 13.2 Å². The van der Waals surface area contributed by atoms with Crippen LogP contribution in [0.4, 0.5) is 24.5 Å². The molecule has 0 aromatic heterocycles. The molecule has 10 heteroatoms. The fraction of sp³-hybridized carbons (Fsp3) is 0.250. The second kappa shape index (κ2) is 13.1. The summed E-state index contributed by atoms with van der Waals surface area (Å²) in [6, 6.07) is 7.37. The summed E-state index contributed by atoms with van der Waals surface area (Å²) in [6.45, 7) is 4.22. The van der Waals surface area contributed by atoms with Gasteiger partial charge >= 0.3 is 0 Å². The predicted molar refractivity (Wildman–Crippen MR) is 110 cm³/mol. The van der Waals surface area contributed by atoms with E-state index in [1.54, 1.807) is 0 Å². The van der Waals surface area contributed by atoms with Gasteiger partial charge in [0.1, 0.15) is 24.2 Å². The van der Waals surface area contributed by atoms with E-state index in [-0.39, 0.29) is 16.9 Å². The summed E-state index contributed by atoms with van der Waals surface area (Å²) in [5, 5.41) is 20.0. The predicted octanol–water partition coefficient (Wildman–Crippen LogP) is 3.31. The van der Waals surface area contributed by atoms with Crippen molar-refractivity contribution in [2.45, 2.75) is 18.9 Å². The minimum atomic E-state index is -0.996. The maximum absolute atomic E-state index is 13.7. The topological polar surface area (TPSA) is 124 Å². The number of ether oxygens (including phenoxy) is 1. The van der Waals surface area contributed by atoms with E-state index in [0.717, 1.165) is 38.1 Å². The molecule has 0 amide bonds. The molecule has 0 saturated carbocycles. The molecule has 1 aliphatic heterocycles. The summed E-state index contributed by atoms with van der Waals surface area (Å²) in [5.74, 6) is -3.04. The Morgan fingerprint density at radius 2 is 1.83 bits per heavy atom. The van der Waals surface area contributed by atoms with Crippen molar-refractivity contribution in [1.29, 1.82) is 10.8 Å². The van der Waals surface area contributed by atoms with Gasteiger partial charge in [-0.25, -0.2) is 13.2 Å². The van der Waals surface area contributed by atoms with E-state index in [4.69, 9.17) is 21.3 Å². The number of halogens is 3. The van der Waals surface area contributed by atoms with Gasteiger partial charge in [-0.3, -0.25) is 10.8 Å². The highest BCUT2D eigenvalue weighted by Crippen LogP contribution is 2.24. The molecule has 0 spiro atoms. The summed E-state index contributed by atoms with van der Waals surface area (Å²) in [5.41, 5.74) is 5.40. The highest BCUT2D eigenvalue weighted by molar-refractivity contribution is 5.96. The molecule has 30 heavy (non-hydrogen) atoms. The summed E-state index contributed by atoms with van der Waals surface area (Å²) >= 11 is 0. The fourth-order valence-electron chi connectivity index (χ4n) is 2.51. The molecule has 6 N–H and O–H groups in total. The molecule has 7 nitrogen and oxygen atoms in total. The van der Waals surface area contributed by atoms with Gasteiger partial charge in [-0.05, 0) is 50.2 Å². The van der Waals surface area contributed by atoms with Crippen LogP contribution in [0.5, 0.6) is 0 Å². The highest BCUT2D eigenvalue weighted by atomic mass is 19.1. The van der Waals surface area contributed by atoms with Crippen molar-refractivity contribution in [3.8, 4) is 0 Å². The lowest BCUT2D eigenvalue weighted by atomic mass is 10.1. The Morgan fingerprint density at radius 3 is 2.37 bits per heavy atom. The normalized spacial score (nSPS) is 13.1. The number of carbonyl (C=O) groups excluding carboxylic acids is 1. The van der Waals surface area contributed by atoms with Gasteiger partial charge in [0, 0.05) is 17.8 Å². The van der Waals surface area contributed by atoms with Crippen molar-refractivity contribution in [1.82, 2.24) is 5.32 Å². The van der Waals surface area contributed by atoms with Crippen LogP contribution in [-0.4, -0.2) is 38.2 Å². The van der Waals surface area contributed by atoms with Gasteiger partial charge in [-0.15, -0.1) is 0 Å². The first-order valence-electron chi connectivity index (χ1n) is 8.92. The standard InChI is InChI=1S/C14H10F3N3O.C5H12N2.CH2O/c15-8-2-1-3-9(4-8)20-13-5-10(14(19)21-7-18)11(16)6-12(13)17;6-5-1-3-7-4-2-5;1-2/h1-7,18-20H;5,7H,1-4,6H2;1H2. The summed E-state index contributed by atoms with van der Waals surface area (Å²) < 4.78 is 44.8. The number of hydrogen-bond donors (Lipinski definition) is 5. The second-order valence-electron chi connectivity index (χ2n) is 6.10. The van der Waals surface area contributed by atoms with Crippen molar-refractivity contribution < 1.29 is 22.7 Å². The van der Waals surface area contributed by atoms with Crippen molar-refractivity contribution in [3.05, 3.63) is 59.4 Å². The van der Waals surface area contributed by atoms with Gasteiger partial charge in [-0.1, -0.05) is 6.07 Å². The Bertz CT molecular complexity index is 845. The molecule has 2 aromatic carbocycles. The zero-order chi connectivity index (χ0) is 22.5. The molecule has 0 atom stereocenters. The lowest BCUT2D eigenvalue weighted by Crippen LogP contribution is -2.35. The van der Waals surface area contributed by atoms with E-state index in [1.165, 1.54) is 18.2 Å². The quantitative estimate of drug-likeness (QED) is 0.381.